The van der Waals surface area contributed by atoms with E-state index in [2.05, 4.69) is 60.1 Å². The van der Waals surface area contributed by atoms with Crippen LogP contribution in [0.25, 0.3) is 0 Å². The molecule has 2 heteroatoms. The first-order valence-corrected chi connectivity index (χ1v) is 7.56. The molecule has 96 valence electrons. The van der Waals surface area contributed by atoms with Gasteiger partial charge in [-0.05, 0) is 36.3 Å². The summed E-state index contributed by atoms with van der Waals surface area (Å²) in [6, 6.07) is 15.6. The van der Waals surface area contributed by atoms with Gasteiger partial charge in [-0.15, -0.1) is 11.3 Å². The lowest BCUT2D eigenvalue weighted by Crippen LogP contribution is -2.28. The van der Waals surface area contributed by atoms with Crippen molar-refractivity contribution < 1.29 is 0 Å². The molecule has 0 amide bonds. The largest absolute Gasteiger partial charge is 0.310 e. The molecule has 0 aliphatic heterocycles. The summed E-state index contributed by atoms with van der Waals surface area (Å²) in [5, 5.41) is 5.81. The summed E-state index contributed by atoms with van der Waals surface area (Å²) in [6.07, 6.45) is 3.61. The molecule has 0 saturated carbocycles. The zero-order chi connectivity index (χ0) is 12.6. The number of hydrogen-bond donors (Lipinski definition) is 1. The third-order valence-corrected chi connectivity index (χ3v) is 4.19. The van der Waals surface area contributed by atoms with Gasteiger partial charge in [0.15, 0.2) is 0 Å². The van der Waals surface area contributed by atoms with Crippen LogP contribution in [0.1, 0.15) is 30.2 Å². The Balaban J connectivity index is 1.75. The fourth-order valence-corrected chi connectivity index (χ4v) is 2.80. The van der Waals surface area contributed by atoms with Crippen molar-refractivity contribution in [2.24, 2.45) is 0 Å². The standard InChI is InChI=1S/C16H21NS/c1-2-15(10-11-16-9-6-12-18-16)17-13-14-7-4-3-5-8-14/h3-9,12,15,17H,2,10-11,13H2,1H3. The average molecular weight is 259 g/mol. The SMILES string of the molecule is CCC(CCc1cccs1)NCc1ccccc1. The second kappa shape index (κ2) is 7.34. The average Bonchev–Trinajstić information content (AvgIpc) is 2.93. The van der Waals surface area contributed by atoms with Crippen LogP contribution in [0.15, 0.2) is 47.8 Å². The van der Waals surface area contributed by atoms with E-state index >= 15 is 0 Å². The minimum Gasteiger partial charge on any atom is -0.310 e. The molecule has 0 aliphatic rings. The highest BCUT2D eigenvalue weighted by molar-refractivity contribution is 7.09. The van der Waals surface area contributed by atoms with E-state index < -0.39 is 0 Å². The number of nitrogens with one attached hydrogen (secondary N) is 1. The van der Waals surface area contributed by atoms with E-state index in [9.17, 15) is 0 Å². The Labute approximate surface area is 114 Å². The topological polar surface area (TPSA) is 12.0 Å². The second-order valence-electron chi connectivity index (χ2n) is 4.59. The molecule has 0 saturated heterocycles. The van der Waals surface area contributed by atoms with E-state index in [1.165, 1.54) is 29.7 Å². The van der Waals surface area contributed by atoms with Crippen LogP contribution in [-0.2, 0) is 13.0 Å². The van der Waals surface area contributed by atoms with E-state index in [-0.39, 0.29) is 0 Å². The van der Waals surface area contributed by atoms with Gasteiger partial charge in [0, 0.05) is 17.5 Å². The molecule has 1 aromatic carbocycles. The third kappa shape index (κ3) is 4.28. The summed E-state index contributed by atoms with van der Waals surface area (Å²) in [6.45, 7) is 3.24. The van der Waals surface area contributed by atoms with E-state index in [1.807, 2.05) is 11.3 Å². The van der Waals surface area contributed by atoms with Gasteiger partial charge in [-0.2, -0.15) is 0 Å². The van der Waals surface area contributed by atoms with Crippen molar-refractivity contribution >= 4 is 11.3 Å². The predicted molar refractivity (Wildman–Crippen MR) is 80.0 cm³/mol. The smallest absolute Gasteiger partial charge is 0.0208 e. The van der Waals surface area contributed by atoms with Crippen molar-refractivity contribution in [1.82, 2.24) is 5.32 Å². The maximum absolute atomic E-state index is 3.65. The molecular weight excluding hydrogens is 238 g/mol. The van der Waals surface area contributed by atoms with Gasteiger partial charge in [-0.1, -0.05) is 43.3 Å². The molecule has 1 nitrogen and oxygen atoms in total. The minimum absolute atomic E-state index is 0.618. The van der Waals surface area contributed by atoms with Crippen molar-refractivity contribution in [2.75, 3.05) is 0 Å². The van der Waals surface area contributed by atoms with Gasteiger partial charge < -0.3 is 5.32 Å². The lowest BCUT2D eigenvalue weighted by Gasteiger charge is -2.16. The molecule has 1 aromatic heterocycles. The van der Waals surface area contributed by atoms with Crippen LogP contribution in [0, 0.1) is 0 Å². The quantitative estimate of drug-likeness (QED) is 0.784. The van der Waals surface area contributed by atoms with E-state index in [4.69, 9.17) is 0 Å². The Bertz CT molecular complexity index is 422. The Morgan fingerprint density at radius 3 is 2.61 bits per heavy atom. The summed E-state index contributed by atoms with van der Waals surface area (Å²) in [5.74, 6) is 0. The summed E-state index contributed by atoms with van der Waals surface area (Å²) in [4.78, 5) is 1.50. The molecule has 1 atom stereocenters. The minimum atomic E-state index is 0.618. The first kappa shape index (κ1) is 13.3. The van der Waals surface area contributed by atoms with Gasteiger partial charge in [-0.3, -0.25) is 0 Å². The summed E-state index contributed by atoms with van der Waals surface area (Å²) in [5.41, 5.74) is 1.37. The van der Waals surface area contributed by atoms with Crippen LogP contribution in [-0.4, -0.2) is 6.04 Å². The van der Waals surface area contributed by atoms with Crippen LogP contribution in [0.4, 0.5) is 0 Å². The second-order valence-corrected chi connectivity index (χ2v) is 5.62. The van der Waals surface area contributed by atoms with Gasteiger partial charge in [0.25, 0.3) is 0 Å². The first-order chi connectivity index (χ1) is 8.88. The van der Waals surface area contributed by atoms with Crippen LogP contribution >= 0.6 is 11.3 Å². The molecule has 0 fully saturated rings. The van der Waals surface area contributed by atoms with Gasteiger partial charge in [0.1, 0.15) is 0 Å². The van der Waals surface area contributed by atoms with Crippen molar-refractivity contribution in [3.8, 4) is 0 Å². The van der Waals surface area contributed by atoms with Crippen LogP contribution in [0.2, 0.25) is 0 Å². The zero-order valence-corrected chi connectivity index (χ0v) is 11.7. The van der Waals surface area contributed by atoms with Crippen molar-refractivity contribution in [3.05, 3.63) is 58.3 Å². The molecule has 0 aliphatic carbocycles. The Morgan fingerprint density at radius 1 is 1.11 bits per heavy atom. The van der Waals surface area contributed by atoms with Gasteiger partial charge in [0.2, 0.25) is 0 Å². The van der Waals surface area contributed by atoms with Gasteiger partial charge >= 0.3 is 0 Å². The van der Waals surface area contributed by atoms with Crippen molar-refractivity contribution in [3.63, 3.8) is 0 Å². The summed E-state index contributed by atoms with van der Waals surface area (Å²) < 4.78 is 0. The number of aryl methyl sites for hydroxylation is 1. The monoisotopic (exact) mass is 259 g/mol. The molecule has 1 N–H and O–H groups in total. The van der Waals surface area contributed by atoms with Gasteiger partial charge in [0.05, 0.1) is 0 Å². The zero-order valence-electron chi connectivity index (χ0n) is 10.9. The maximum Gasteiger partial charge on any atom is 0.0208 e. The molecule has 0 spiro atoms. The van der Waals surface area contributed by atoms with Crippen LogP contribution in [0.5, 0.6) is 0 Å². The van der Waals surface area contributed by atoms with E-state index in [0.717, 1.165) is 6.54 Å². The molecule has 1 heterocycles. The lowest BCUT2D eigenvalue weighted by atomic mass is 10.1. The normalized spacial score (nSPS) is 12.5. The molecule has 18 heavy (non-hydrogen) atoms. The lowest BCUT2D eigenvalue weighted by molar-refractivity contribution is 0.468. The molecule has 1 unspecified atom stereocenters. The predicted octanol–water partition coefficient (Wildman–Crippen LogP) is 4.25. The Morgan fingerprint density at radius 2 is 1.94 bits per heavy atom. The fraction of sp³-hybridized carbons (Fsp3) is 0.375. The summed E-state index contributed by atoms with van der Waals surface area (Å²) in [7, 11) is 0. The number of rotatable bonds is 7. The number of hydrogen-bond acceptors (Lipinski definition) is 2. The number of benzene rings is 1. The highest BCUT2D eigenvalue weighted by atomic mass is 32.1. The molecule has 2 rings (SSSR count). The van der Waals surface area contributed by atoms with Crippen LogP contribution < -0.4 is 5.32 Å². The Hall–Kier alpha value is -1.12. The van der Waals surface area contributed by atoms with Crippen molar-refractivity contribution in [1.29, 1.82) is 0 Å². The summed E-state index contributed by atoms with van der Waals surface area (Å²) >= 11 is 1.86. The maximum atomic E-state index is 3.65. The fourth-order valence-electron chi connectivity index (χ4n) is 2.08. The van der Waals surface area contributed by atoms with E-state index in [0.29, 0.717) is 6.04 Å². The highest BCUT2D eigenvalue weighted by Gasteiger charge is 2.06. The Kier molecular flexibility index (Phi) is 5.43. The number of thiophene rings is 1. The first-order valence-electron chi connectivity index (χ1n) is 6.68. The third-order valence-electron chi connectivity index (χ3n) is 3.25. The molecule has 0 radical (unpaired) electrons. The molecule has 2 aromatic rings. The molecule has 0 bridgehead atoms. The van der Waals surface area contributed by atoms with Crippen molar-refractivity contribution in [2.45, 2.75) is 38.8 Å². The van der Waals surface area contributed by atoms with Gasteiger partial charge in [-0.25, -0.2) is 0 Å². The molecular formula is C16H21NS. The van der Waals surface area contributed by atoms with Crippen LogP contribution in [0.3, 0.4) is 0 Å². The van der Waals surface area contributed by atoms with E-state index in [1.54, 1.807) is 0 Å². The highest BCUT2D eigenvalue weighted by Crippen LogP contribution is 2.13.